The van der Waals surface area contributed by atoms with E-state index in [0.717, 1.165) is 11.4 Å². The third kappa shape index (κ3) is 2.73. The van der Waals surface area contributed by atoms with Crippen molar-refractivity contribution >= 4 is 23.2 Å². The third-order valence-corrected chi connectivity index (χ3v) is 5.43. The lowest BCUT2D eigenvalue weighted by molar-refractivity contribution is -0.138. The highest BCUT2D eigenvalue weighted by Crippen LogP contribution is 2.36. The smallest absolute Gasteiger partial charge is 0.250 e. The van der Waals surface area contributed by atoms with E-state index in [1.807, 2.05) is 48.4 Å². The quantitative estimate of drug-likeness (QED) is 0.887. The molecule has 2 amide bonds. The summed E-state index contributed by atoms with van der Waals surface area (Å²) in [4.78, 5) is 27.5. The highest BCUT2D eigenvalue weighted by molar-refractivity contribution is 6.06. The molecule has 1 atom stereocenters. The van der Waals surface area contributed by atoms with Gasteiger partial charge in [0.1, 0.15) is 11.6 Å². The van der Waals surface area contributed by atoms with Gasteiger partial charge in [-0.25, -0.2) is 0 Å². The maximum absolute atomic E-state index is 12.9. The first-order valence-corrected chi connectivity index (χ1v) is 9.09. The first-order valence-electron chi connectivity index (χ1n) is 9.09. The summed E-state index contributed by atoms with van der Waals surface area (Å²) in [5, 5.41) is 10.6. The number of fused-ring (bicyclic) bond motifs is 1. The Hall–Kier alpha value is -2.83. The van der Waals surface area contributed by atoms with E-state index >= 15 is 0 Å². The van der Waals surface area contributed by atoms with E-state index < -0.39 is 5.54 Å². The first kappa shape index (κ1) is 16.6. The Morgan fingerprint density at radius 3 is 2.62 bits per heavy atom. The van der Waals surface area contributed by atoms with Crippen LogP contribution in [-0.2, 0) is 9.59 Å². The van der Waals surface area contributed by atoms with E-state index in [2.05, 4.69) is 15.7 Å². The zero-order chi connectivity index (χ0) is 18.1. The highest BCUT2D eigenvalue weighted by Gasteiger charge is 2.45. The maximum atomic E-state index is 12.9. The lowest BCUT2D eigenvalue weighted by Crippen LogP contribution is -2.59. The Balaban J connectivity index is 1.47. The van der Waals surface area contributed by atoms with Crippen molar-refractivity contribution in [2.75, 3.05) is 23.7 Å². The van der Waals surface area contributed by atoms with E-state index in [9.17, 15) is 9.59 Å². The van der Waals surface area contributed by atoms with Crippen LogP contribution in [0, 0.1) is 0 Å². The summed E-state index contributed by atoms with van der Waals surface area (Å²) in [6, 6.07) is 9.26. The molecule has 0 bridgehead atoms. The Labute approximate surface area is 152 Å². The van der Waals surface area contributed by atoms with Crippen LogP contribution >= 0.6 is 0 Å². The van der Waals surface area contributed by atoms with Crippen molar-refractivity contribution < 1.29 is 9.59 Å². The summed E-state index contributed by atoms with van der Waals surface area (Å²) >= 11 is 0. The van der Waals surface area contributed by atoms with Crippen molar-refractivity contribution in [3.63, 3.8) is 0 Å². The first-order chi connectivity index (χ1) is 12.6. The highest BCUT2D eigenvalue weighted by atomic mass is 16.2. The minimum absolute atomic E-state index is 0.0117. The van der Waals surface area contributed by atoms with Crippen molar-refractivity contribution in [3.8, 4) is 0 Å². The molecule has 2 aliphatic heterocycles. The molecule has 7 nitrogen and oxygen atoms in total. The standard InChI is InChI=1S/C19H23N5O2/c1-2-16(24-11-5-10-20-24)17(25)23-12-8-19(9-13-23)18(26)21-14-6-3-4-7-15(14)22-19/h3-7,10-11,16,22H,2,8-9,12-13H2,1H3,(H,21,26)/t16-/m0/s1. The second-order valence-corrected chi connectivity index (χ2v) is 6.94. The predicted octanol–water partition coefficient (Wildman–Crippen LogP) is 2.26. The zero-order valence-electron chi connectivity index (χ0n) is 14.8. The molecule has 1 fully saturated rings. The van der Waals surface area contributed by atoms with Crippen molar-refractivity contribution in [2.24, 2.45) is 0 Å². The van der Waals surface area contributed by atoms with Gasteiger partial charge < -0.3 is 15.5 Å². The Morgan fingerprint density at radius 2 is 1.96 bits per heavy atom. The summed E-state index contributed by atoms with van der Waals surface area (Å²) < 4.78 is 1.72. The number of aromatic nitrogens is 2. The zero-order valence-corrected chi connectivity index (χ0v) is 14.8. The number of amides is 2. The van der Waals surface area contributed by atoms with Crippen LogP contribution in [0.5, 0.6) is 0 Å². The van der Waals surface area contributed by atoms with Gasteiger partial charge in [-0.15, -0.1) is 0 Å². The normalized spacial score (nSPS) is 19.4. The van der Waals surface area contributed by atoms with Crippen molar-refractivity contribution in [2.45, 2.75) is 37.8 Å². The molecule has 1 aromatic carbocycles. The Kier molecular flexibility index (Phi) is 4.14. The van der Waals surface area contributed by atoms with Crippen LogP contribution < -0.4 is 10.6 Å². The number of hydrogen-bond acceptors (Lipinski definition) is 4. The molecule has 26 heavy (non-hydrogen) atoms. The van der Waals surface area contributed by atoms with Crippen molar-refractivity contribution in [1.82, 2.24) is 14.7 Å². The maximum Gasteiger partial charge on any atom is 0.250 e. The molecule has 0 saturated carbocycles. The molecule has 2 aliphatic rings. The number of nitrogens with zero attached hydrogens (tertiary/aromatic N) is 3. The fourth-order valence-electron chi connectivity index (χ4n) is 3.87. The van der Waals surface area contributed by atoms with Crippen LogP contribution in [0.3, 0.4) is 0 Å². The summed E-state index contributed by atoms with van der Waals surface area (Å²) in [6.07, 6.45) is 5.39. The topological polar surface area (TPSA) is 79.3 Å². The SMILES string of the molecule is CC[C@@H](C(=O)N1CCC2(CC1)Nc1ccccc1NC2=O)n1cccn1. The van der Waals surface area contributed by atoms with E-state index in [4.69, 9.17) is 0 Å². The van der Waals surface area contributed by atoms with Gasteiger partial charge in [0.15, 0.2) is 0 Å². The van der Waals surface area contributed by atoms with Crippen LogP contribution in [0.4, 0.5) is 11.4 Å². The number of rotatable bonds is 3. The fraction of sp³-hybridized carbons (Fsp3) is 0.421. The van der Waals surface area contributed by atoms with E-state index in [0.29, 0.717) is 32.4 Å². The molecule has 1 aromatic heterocycles. The monoisotopic (exact) mass is 353 g/mol. The van der Waals surface area contributed by atoms with Gasteiger partial charge in [-0.2, -0.15) is 5.10 Å². The summed E-state index contributed by atoms with van der Waals surface area (Å²) in [5.41, 5.74) is 1.11. The molecule has 0 unspecified atom stereocenters. The van der Waals surface area contributed by atoms with Gasteiger partial charge in [0, 0.05) is 25.5 Å². The van der Waals surface area contributed by atoms with Crippen LogP contribution in [-0.4, -0.2) is 45.1 Å². The third-order valence-electron chi connectivity index (χ3n) is 5.43. The van der Waals surface area contributed by atoms with Crippen LogP contribution in [0.1, 0.15) is 32.2 Å². The average Bonchev–Trinajstić information content (AvgIpc) is 3.18. The molecule has 136 valence electrons. The van der Waals surface area contributed by atoms with Gasteiger partial charge in [0.2, 0.25) is 11.8 Å². The van der Waals surface area contributed by atoms with Gasteiger partial charge in [0.25, 0.3) is 0 Å². The summed E-state index contributed by atoms with van der Waals surface area (Å²) in [6.45, 7) is 3.10. The summed E-state index contributed by atoms with van der Waals surface area (Å²) in [5.74, 6) is 0.0603. The molecule has 1 spiro atoms. The lowest BCUT2D eigenvalue weighted by Gasteiger charge is -2.44. The number of para-hydroxylation sites is 2. The van der Waals surface area contributed by atoms with Gasteiger partial charge in [-0.1, -0.05) is 19.1 Å². The number of hydrogen-bond donors (Lipinski definition) is 2. The minimum Gasteiger partial charge on any atom is -0.369 e. The number of benzene rings is 1. The van der Waals surface area contributed by atoms with Crippen molar-refractivity contribution in [1.29, 1.82) is 0 Å². The Bertz CT molecular complexity index is 809. The largest absolute Gasteiger partial charge is 0.369 e. The van der Waals surface area contributed by atoms with E-state index in [-0.39, 0.29) is 17.9 Å². The number of carbonyl (C=O) groups excluding carboxylic acids is 2. The average molecular weight is 353 g/mol. The molecule has 0 radical (unpaired) electrons. The van der Waals surface area contributed by atoms with Crippen LogP contribution in [0.2, 0.25) is 0 Å². The molecule has 2 N–H and O–H groups in total. The minimum atomic E-state index is -0.640. The predicted molar refractivity (Wildman–Crippen MR) is 98.8 cm³/mol. The number of nitrogens with one attached hydrogen (secondary N) is 2. The number of anilines is 2. The van der Waals surface area contributed by atoms with Crippen LogP contribution in [0.25, 0.3) is 0 Å². The molecule has 1 saturated heterocycles. The second kappa shape index (κ2) is 6.48. The molecule has 7 heteroatoms. The van der Waals surface area contributed by atoms with Crippen molar-refractivity contribution in [3.05, 3.63) is 42.7 Å². The second-order valence-electron chi connectivity index (χ2n) is 6.94. The number of piperidine rings is 1. The molecule has 3 heterocycles. The molecule has 2 aromatic rings. The molecular formula is C19H23N5O2. The van der Waals surface area contributed by atoms with Gasteiger partial charge >= 0.3 is 0 Å². The van der Waals surface area contributed by atoms with E-state index in [1.165, 1.54) is 0 Å². The lowest BCUT2D eigenvalue weighted by atomic mass is 9.84. The fourth-order valence-corrected chi connectivity index (χ4v) is 3.87. The van der Waals surface area contributed by atoms with Gasteiger partial charge in [0.05, 0.1) is 11.4 Å². The molecular weight excluding hydrogens is 330 g/mol. The Morgan fingerprint density at radius 1 is 1.23 bits per heavy atom. The van der Waals surface area contributed by atoms with Crippen LogP contribution in [0.15, 0.2) is 42.7 Å². The number of likely N-dealkylation sites (tertiary alicyclic amines) is 1. The molecule has 4 rings (SSSR count). The molecule has 0 aliphatic carbocycles. The van der Waals surface area contributed by atoms with Gasteiger partial charge in [-0.05, 0) is 37.5 Å². The summed E-state index contributed by atoms with van der Waals surface area (Å²) in [7, 11) is 0. The van der Waals surface area contributed by atoms with Gasteiger partial charge in [-0.3, -0.25) is 14.3 Å². The number of carbonyl (C=O) groups is 2. The van der Waals surface area contributed by atoms with E-state index in [1.54, 1.807) is 10.9 Å².